The third-order valence-corrected chi connectivity index (χ3v) is 1.79. The van der Waals surface area contributed by atoms with E-state index in [1.54, 1.807) is 0 Å². The van der Waals surface area contributed by atoms with Crippen LogP contribution < -0.4 is 0 Å². The minimum absolute atomic E-state index is 0.804. The van der Waals surface area contributed by atoms with Crippen molar-refractivity contribution in [2.24, 2.45) is 0 Å². The van der Waals surface area contributed by atoms with Crippen molar-refractivity contribution in [1.82, 2.24) is 0 Å². The van der Waals surface area contributed by atoms with Gasteiger partial charge in [-0.25, -0.2) is 0 Å². The molecular formula is C10H12Cl. The smallest absolute Gasteiger partial charge is 0.0406 e. The Bertz CT molecular complexity index is 201. The van der Waals surface area contributed by atoms with Gasteiger partial charge < -0.3 is 0 Å². The molecule has 0 heterocycles. The second-order valence-corrected chi connectivity index (χ2v) is 2.98. The maximum Gasteiger partial charge on any atom is 0.0406 e. The van der Waals surface area contributed by atoms with Crippen LogP contribution in [0.4, 0.5) is 0 Å². The fraction of sp³-hybridized carbons (Fsp3) is 0.300. The van der Waals surface area contributed by atoms with E-state index in [0.717, 1.165) is 11.4 Å². The summed E-state index contributed by atoms with van der Waals surface area (Å²) in [5.74, 6) is 0. The van der Waals surface area contributed by atoms with E-state index in [9.17, 15) is 0 Å². The minimum atomic E-state index is 0.804. The highest BCUT2D eigenvalue weighted by Gasteiger charge is 1.91. The standard InChI is InChI=1S/C10H12Cl/c1-2-3-4-9-5-7-10(11)8-6-9/h4-8H,2-3H2,1H3. The summed E-state index contributed by atoms with van der Waals surface area (Å²) in [6, 6.07) is 7.92. The van der Waals surface area contributed by atoms with Crippen molar-refractivity contribution in [2.45, 2.75) is 19.8 Å². The predicted octanol–water partition coefficient (Wildman–Crippen LogP) is 3.69. The first kappa shape index (κ1) is 8.61. The van der Waals surface area contributed by atoms with Crippen LogP contribution >= 0.6 is 11.6 Å². The summed E-state index contributed by atoms with van der Waals surface area (Å²) in [6.07, 6.45) is 4.56. The molecule has 1 radical (unpaired) electrons. The van der Waals surface area contributed by atoms with E-state index in [1.165, 1.54) is 12.0 Å². The van der Waals surface area contributed by atoms with Crippen LogP contribution in [0.15, 0.2) is 24.3 Å². The topological polar surface area (TPSA) is 0 Å². The van der Waals surface area contributed by atoms with Gasteiger partial charge in [0.2, 0.25) is 0 Å². The quantitative estimate of drug-likeness (QED) is 0.644. The summed E-state index contributed by atoms with van der Waals surface area (Å²) in [7, 11) is 0. The Morgan fingerprint density at radius 1 is 1.27 bits per heavy atom. The van der Waals surface area contributed by atoms with Gasteiger partial charge in [0.15, 0.2) is 0 Å². The highest BCUT2D eigenvalue weighted by atomic mass is 35.5. The van der Waals surface area contributed by atoms with Gasteiger partial charge in [-0.15, -0.1) is 0 Å². The second-order valence-electron chi connectivity index (χ2n) is 2.54. The fourth-order valence-electron chi connectivity index (χ4n) is 0.910. The van der Waals surface area contributed by atoms with Crippen molar-refractivity contribution < 1.29 is 0 Å². The number of benzene rings is 1. The fourth-order valence-corrected chi connectivity index (χ4v) is 1.04. The molecule has 0 spiro atoms. The number of unbranched alkanes of at least 4 members (excludes halogenated alkanes) is 1. The molecule has 0 bridgehead atoms. The largest absolute Gasteiger partial charge is 0.0843 e. The first-order valence-corrected chi connectivity index (χ1v) is 4.29. The van der Waals surface area contributed by atoms with Crippen molar-refractivity contribution in [2.75, 3.05) is 0 Å². The molecular weight excluding hydrogens is 156 g/mol. The van der Waals surface area contributed by atoms with Gasteiger partial charge in [0, 0.05) is 5.02 Å². The number of hydrogen-bond donors (Lipinski definition) is 0. The lowest BCUT2D eigenvalue weighted by molar-refractivity contribution is 0.914. The van der Waals surface area contributed by atoms with Crippen LogP contribution in [0, 0.1) is 6.42 Å². The lowest BCUT2D eigenvalue weighted by atomic mass is 10.1. The van der Waals surface area contributed by atoms with Crippen LogP contribution in [-0.2, 0) is 0 Å². The third kappa shape index (κ3) is 2.94. The highest BCUT2D eigenvalue weighted by molar-refractivity contribution is 6.30. The highest BCUT2D eigenvalue weighted by Crippen LogP contribution is 2.12. The van der Waals surface area contributed by atoms with E-state index in [0.29, 0.717) is 0 Å². The maximum atomic E-state index is 5.73. The van der Waals surface area contributed by atoms with Crippen LogP contribution in [-0.4, -0.2) is 0 Å². The van der Waals surface area contributed by atoms with E-state index in [-0.39, 0.29) is 0 Å². The van der Waals surface area contributed by atoms with Crippen molar-refractivity contribution in [3.8, 4) is 0 Å². The Balaban J connectivity index is 2.52. The summed E-state index contributed by atoms with van der Waals surface area (Å²) in [5.41, 5.74) is 1.26. The minimum Gasteiger partial charge on any atom is -0.0843 e. The third-order valence-electron chi connectivity index (χ3n) is 1.54. The zero-order valence-electron chi connectivity index (χ0n) is 6.68. The van der Waals surface area contributed by atoms with Crippen molar-refractivity contribution in [3.05, 3.63) is 41.3 Å². The number of hydrogen-bond acceptors (Lipinski definition) is 0. The molecule has 1 aromatic carbocycles. The van der Waals surface area contributed by atoms with Crippen LogP contribution in [0.2, 0.25) is 5.02 Å². The van der Waals surface area contributed by atoms with Gasteiger partial charge >= 0.3 is 0 Å². The molecule has 59 valence electrons. The Labute approximate surface area is 73.2 Å². The van der Waals surface area contributed by atoms with E-state index in [1.807, 2.05) is 24.3 Å². The number of halogens is 1. The molecule has 0 unspecified atom stereocenters. The summed E-state index contributed by atoms with van der Waals surface area (Å²) >= 11 is 5.73. The van der Waals surface area contributed by atoms with Crippen molar-refractivity contribution >= 4 is 11.6 Å². The lowest BCUT2D eigenvalue weighted by Gasteiger charge is -1.97. The van der Waals surface area contributed by atoms with Crippen LogP contribution in [0.1, 0.15) is 25.3 Å². The molecule has 1 heteroatoms. The van der Waals surface area contributed by atoms with Crippen molar-refractivity contribution in [1.29, 1.82) is 0 Å². The first-order valence-electron chi connectivity index (χ1n) is 3.91. The molecule has 0 N–H and O–H groups in total. The molecule has 1 aromatic rings. The molecule has 0 saturated heterocycles. The first-order chi connectivity index (χ1) is 5.33. The molecule has 0 saturated carbocycles. The van der Waals surface area contributed by atoms with Gasteiger partial charge in [-0.2, -0.15) is 0 Å². The molecule has 0 aliphatic carbocycles. The summed E-state index contributed by atoms with van der Waals surface area (Å²) in [4.78, 5) is 0. The Morgan fingerprint density at radius 3 is 2.45 bits per heavy atom. The predicted molar refractivity (Wildman–Crippen MR) is 49.8 cm³/mol. The summed E-state index contributed by atoms with van der Waals surface area (Å²) < 4.78 is 0. The van der Waals surface area contributed by atoms with Gasteiger partial charge in [-0.3, -0.25) is 0 Å². The molecule has 0 aliphatic heterocycles. The van der Waals surface area contributed by atoms with E-state index in [4.69, 9.17) is 11.6 Å². The van der Waals surface area contributed by atoms with Crippen molar-refractivity contribution in [3.63, 3.8) is 0 Å². The zero-order chi connectivity index (χ0) is 8.10. The Morgan fingerprint density at radius 2 is 1.91 bits per heavy atom. The Kier molecular flexibility index (Phi) is 3.44. The average molecular weight is 168 g/mol. The van der Waals surface area contributed by atoms with Gasteiger partial charge in [0.05, 0.1) is 0 Å². The summed E-state index contributed by atoms with van der Waals surface area (Å²) in [6.45, 7) is 2.17. The van der Waals surface area contributed by atoms with Gasteiger partial charge in [0.25, 0.3) is 0 Å². The number of rotatable bonds is 3. The van der Waals surface area contributed by atoms with Crippen LogP contribution in [0.25, 0.3) is 0 Å². The molecule has 0 atom stereocenters. The van der Waals surface area contributed by atoms with Crippen LogP contribution in [0.5, 0.6) is 0 Å². The maximum absolute atomic E-state index is 5.73. The van der Waals surface area contributed by atoms with E-state index < -0.39 is 0 Å². The zero-order valence-corrected chi connectivity index (χ0v) is 7.43. The van der Waals surface area contributed by atoms with Crippen LogP contribution in [0.3, 0.4) is 0 Å². The normalized spacial score (nSPS) is 10.0. The van der Waals surface area contributed by atoms with Gasteiger partial charge in [-0.1, -0.05) is 37.1 Å². The second kappa shape index (κ2) is 4.40. The molecule has 1 rings (SSSR count). The Hall–Kier alpha value is -0.490. The SMILES string of the molecule is CCC[CH]c1ccc(Cl)cc1. The van der Waals surface area contributed by atoms with E-state index in [2.05, 4.69) is 13.3 Å². The monoisotopic (exact) mass is 167 g/mol. The lowest BCUT2D eigenvalue weighted by Crippen LogP contribution is -1.79. The molecule has 0 amide bonds. The molecule has 0 fully saturated rings. The average Bonchev–Trinajstić information content (AvgIpc) is 2.04. The van der Waals surface area contributed by atoms with Gasteiger partial charge in [-0.05, 0) is 30.5 Å². The summed E-state index contributed by atoms with van der Waals surface area (Å²) in [5, 5.41) is 0.804. The molecule has 0 aromatic heterocycles. The van der Waals surface area contributed by atoms with Gasteiger partial charge in [0.1, 0.15) is 0 Å². The molecule has 11 heavy (non-hydrogen) atoms. The molecule has 0 aliphatic rings. The van der Waals surface area contributed by atoms with E-state index >= 15 is 0 Å². The molecule has 0 nitrogen and oxygen atoms in total.